The normalized spacial score (nSPS) is 11.6. The summed E-state index contributed by atoms with van der Waals surface area (Å²) in [4.78, 5) is 0. The fourth-order valence-electron chi connectivity index (χ4n) is 2.36. The number of rotatable bonds is 10. The van der Waals surface area contributed by atoms with Gasteiger partial charge in [-0.3, -0.25) is 0 Å². The van der Waals surface area contributed by atoms with Crippen LogP contribution in [0.4, 0.5) is 0 Å². The van der Waals surface area contributed by atoms with Gasteiger partial charge in [-0.05, 0) is 36.5 Å². The highest BCUT2D eigenvalue weighted by atomic mass is 16.5. The molecular weight excluding hydrogens is 246 g/mol. The topological polar surface area (TPSA) is 21.3 Å². The van der Waals surface area contributed by atoms with Gasteiger partial charge < -0.3 is 10.1 Å². The first kappa shape index (κ1) is 17.0. The standard InChI is InChI=1S/C18H31NO/c1-5-7-8-13-18(3,4)15-19-14-16-9-11-17(12-10-16)20-6-2/h9-12,19H,5-8,13-15H2,1-4H3. The quantitative estimate of drug-likeness (QED) is 0.621. The molecule has 20 heavy (non-hydrogen) atoms. The Labute approximate surface area is 124 Å². The molecule has 1 aromatic carbocycles. The Morgan fingerprint density at radius 1 is 1.05 bits per heavy atom. The minimum Gasteiger partial charge on any atom is -0.494 e. The van der Waals surface area contributed by atoms with E-state index >= 15 is 0 Å². The zero-order chi connectivity index (χ0) is 14.8. The lowest BCUT2D eigenvalue weighted by Crippen LogP contribution is -2.29. The van der Waals surface area contributed by atoms with Crippen LogP contribution >= 0.6 is 0 Å². The molecule has 0 fully saturated rings. The van der Waals surface area contributed by atoms with Crippen LogP contribution in [0.5, 0.6) is 5.75 Å². The summed E-state index contributed by atoms with van der Waals surface area (Å²) in [6.07, 6.45) is 5.30. The van der Waals surface area contributed by atoms with Gasteiger partial charge in [-0.15, -0.1) is 0 Å². The molecular formula is C18H31NO. The molecule has 0 saturated heterocycles. The summed E-state index contributed by atoms with van der Waals surface area (Å²) >= 11 is 0. The fraction of sp³-hybridized carbons (Fsp3) is 0.667. The van der Waals surface area contributed by atoms with Crippen molar-refractivity contribution in [2.45, 2.75) is 59.9 Å². The van der Waals surface area contributed by atoms with Crippen LogP contribution in [0.1, 0.15) is 58.9 Å². The molecule has 1 N–H and O–H groups in total. The van der Waals surface area contributed by atoms with Crippen molar-refractivity contribution in [2.75, 3.05) is 13.2 Å². The van der Waals surface area contributed by atoms with Gasteiger partial charge in [0.25, 0.3) is 0 Å². The van der Waals surface area contributed by atoms with Crippen LogP contribution in [0.2, 0.25) is 0 Å². The second-order valence-electron chi connectivity index (χ2n) is 6.30. The van der Waals surface area contributed by atoms with Crippen LogP contribution < -0.4 is 10.1 Å². The highest BCUT2D eigenvalue weighted by Crippen LogP contribution is 2.22. The minimum absolute atomic E-state index is 0.389. The Morgan fingerprint density at radius 2 is 1.75 bits per heavy atom. The van der Waals surface area contributed by atoms with Crippen LogP contribution in [0.25, 0.3) is 0 Å². The smallest absolute Gasteiger partial charge is 0.119 e. The van der Waals surface area contributed by atoms with E-state index in [1.807, 2.05) is 19.1 Å². The lowest BCUT2D eigenvalue weighted by Gasteiger charge is -2.25. The van der Waals surface area contributed by atoms with Gasteiger partial charge >= 0.3 is 0 Å². The average molecular weight is 277 g/mol. The van der Waals surface area contributed by atoms with E-state index in [1.54, 1.807) is 0 Å². The number of hydrogen-bond donors (Lipinski definition) is 1. The number of ether oxygens (including phenoxy) is 1. The van der Waals surface area contributed by atoms with Crippen molar-refractivity contribution < 1.29 is 4.74 Å². The molecule has 0 unspecified atom stereocenters. The minimum atomic E-state index is 0.389. The predicted octanol–water partition coefficient (Wildman–Crippen LogP) is 4.78. The molecule has 0 aliphatic carbocycles. The maximum absolute atomic E-state index is 5.45. The van der Waals surface area contributed by atoms with Gasteiger partial charge in [-0.1, -0.05) is 52.2 Å². The van der Waals surface area contributed by atoms with Crippen LogP contribution in [0.3, 0.4) is 0 Å². The van der Waals surface area contributed by atoms with E-state index in [4.69, 9.17) is 4.74 Å². The molecule has 1 rings (SSSR count). The van der Waals surface area contributed by atoms with Gasteiger partial charge in [0.1, 0.15) is 5.75 Å². The molecule has 2 nitrogen and oxygen atoms in total. The molecule has 0 spiro atoms. The maximum atomic E-state index is 5.45. The largest absolute Gasteiger partial charge is 0.494 e. The van der Waals surface area contributed by atoms with Crippen LogP contribution in [0.15, 0.2) is 24.3 Å². The molecule has 0 bridgehead atoms. The lowest BCUT2D eigenvalue weighted by atomic mass is 9.87. The summed E-state index contributed by atoms with van der Waals surface area (Å²) in [7, 11) is 0. The predicted molar refractivity (Wildman–Crippen MR) is 87.2 cm³/mol. The van der Waals surface area contributed by atoms with Crippen LogP contribution in [0, 0.1) is 5.41 Å². The first-order chi connectivity index (χ1) is 9.57. The Balaban J connectivity index is 2.28. The van der Waals surface area contributed by atoms with Gasteiger partial charge in [-0.2, -0.15) is 0 Å². The van der Waals surface area contributed by atoms with E-state index in [0.717, 1.165) is 25.4 Å². The molecule has 0 atom stereocenters. The molecule has 114 valence electrons. The van der Waals surface area contributed by atoms with Crippen molar-refractivity contribution in [2.24, 2.45) is 5.41 Å². The number of benzene rings is 1. The molecule has 0 heterocycles. The van der Waals surface area contributed by atoms with Gasteiger partial charge in [0.05, 0.1) is 6.61 Å². The van der Waals surface area contributed by atoms with Crippen molar-refractivity contribution in [3.8, 4) is 5.75 Å². The zero-order valence-corrected chi connectivity index (χ0v) is 13.7. The van der Waals surface area contributed by atoms with Gasteiger partial charge in [0, 0.05) is 13.1 Å². The molecule has 0 aliphatic rings. The number of unbranched alkanes of at least 4 members (excludes halogenated alkanes) is 2. The summed E-state index contributed by atoms with van der Waals surface area (Å²) in [6, 6.07) is 8.38. The number of nitrogens with one attached hydrogen (secondary N) is 1. The summed E-state index contributed by atoms with van der Waals surface area (Å²) in [5.41, 5.74) is 1.71. The lowest BCUT2D eigenvalue weighted by molar-refractivity contribution is 0.302. The first-order valence-electron chi connectivity index (χ1n) is 8.00. The molecule has 0 saturated carbocycles. The monoisotopic (exact) mass is 277 g/mol. The molecule has 0 aromatic heterocycles. The van der Waals surface area contributed by atoms with Crippen molar-refractivity contribution in [1.29, 1.82) is 0 Å². The number of hydrogen-bond acceptors (Lipinski definition) is 2. The van der Waals surface area contributed by atoms with E-state index in [9.17, 15) is 0 Å². The van der Waals surface area contributed by atoms with Gasteiger partial charge in [-0.25, -0.2) is 0 Å². The van der Waals surface area contributed by atoms with E-state index in [0.29, 0.717) is 5.41 Å². The molecule has 2 heteroatoms. The van der Waals surface area contributed by atoms with Crippen molar-refractivity contribution in [1.82, 2.24) is 5.32 Å². The van der Waals surface area contributed by atoms with Gasteiger partial charge in [0.15, 0.2) is 0 Å². The van der Waals surface area contributed by atoms with E-state index in [2.05, 4.69) is 38.2 Å². The van der Waals surface area contributed by atoms with Crippen LogP contribution in [-0.4, -0.2) is 13.2 Å². The Morgan fingerprint density at radius 3 is 2.35 bits per heavy atom. The molecule has 0 amide bonds. The molecule has 1 aromatic rings. The van der Waals surface area contributed by atoms with Gasteiger partial charge in [0.2, 0.25) is 0 Å². The second-order valence-corrected chi connectivity index (χ2v) is 6.30. The second kappa shape index (κ2) is 9.02. The van der Waals surface area contributed by atoms with Crippen molar-refractivity contribution >= 4 is 0 Å². The third kappa shape index (κ3) is 6.95. The third-order valence-electron chi connectivity index (χ3n) is 3.62. The summed E-state index contributed by atoms with van der Waals surface area (Å²) in [5.74, 6) is 0.955. The zero-order valence-electron chi connectivity index (χ0n) is 13.7. The summed E-state index contributed by atoms with van der Waals surface area (Å²) < 4.78 is 5.45. The highest BCUT2D eigenvalue weighted by molar-refractivity contribution is 5.27. The van der Waals surface area contributed by atoms with E-state index in [1.165, 1.54) is 31.2 Å². The molecule has 0 radical (unpaired) electrons. The third-order valence-corrected chi connectivity index (χ3v) is 3.62. The SMILES string of the molecule is CCCCCC(C)(C)CNCc1ccc(OCC)cc1. The van der Waals surface area contributed by atoms with Crippen molar-refractivity contribution in [3.63, 3.8) is 0 Å². The fourth-order valence-corrected chi connectivity index (χ4v) is 2.36. The Hall–Kier alpha value is -1.02. The summed E-state index contributed by atoms with van der Waals surface area (Å²) in [5, 5.41) is 3.58. The first-order valence-corrected chi connectivity index (χ1v) is 8.00. The average Bonchev–Trinajstić information content (AvgIpc) is 2.41. The molecule has 0 aliphatic heterocycles. The summed E-state index contributed by atoms with van der Waals surface area (Å²) in [6.45, 7) is 11.7. The van der Waals surface area contributed by atoms with E-state index in [-0.39, 0.29) is 0 Å². The van der Waals surface area contributed by atoms with Crippen molar-refractivity contribution in [3.05, 3.63) is 29.8 Å². The highest BCUT2D eigenvalue weighted by Gasteiger charge is 2.16. The maximum Gasteiger partial charge on any atom is 0.119 e. The van der Waals surface area contributed by atoms with E-state index < -0.39 is 0 Å². The van der Waals surface area contributed by atoms with Crippen LogP contribution in [-0.2, 0) is 6.54 Å². The Kier molecular flexibility index (Phi) is 7.68. The Bertz CT molecular complexity index is 356.